The van der Waals surface area contributed by atoms with Gasteiger partial charge in [0.05, 0.1) is 5.69 Å². The normalized spacial score (nSPS) is 17.4. The molecule has 0 bridgehead atoms. The first kappa shape index (κ1) is 19.9. The summed E-state index contributed by atoms with van der Waals surface area (Å²) in [5.41, 5.74) is 13.2. The molecule has 0 spiro atoms. The van der Waals surface area contributed by atoms with Crippen molar-refractivity contribution in [3.8, 4) is 22.3 Å². The maximum absolute atomic E-state index is 6.33. The molecule has 1 aliphatic heterocycles. The zero-order valence-corrected chi connectivity index (χ0v) is 18.3. The number of aromatic nitrogens is 1. The second-order valence-electron chi connectivity index (χ2n) is 8.46. The van der Waals surface area contributed by atoms with Gasteiger partial charge in [-0.15, -0.1) is 0 Å². The van der Waals surface area contributed by atoms with E-state index in [1.807, 2.05) is 24.5 Å². The third kappa shape index (κ3) is 4.07. The molecular weight excluding hydrogens is 413 g/mol. The lowest BCUT2D eigenvalue weighted by atomic mass is 9.95. The van der Waals surface area contributed by atoms with E-state index in [1.165, 1.54) is 29.7 Å². The van der Waals surface area contributed by atoms with Crippen molar-refractivity contribution in [3.05, 3.63) is 70.5 Å². The number of piperidine rings is 1. The van der Waals surface area contributed by atoms with Crippen molar-refractivity contribution in [2.75, 3.05) is 18.0 Å². The number of nitrogens with two attached hydrogens (primary N) is 1. The Bertz CT molecular complexity index is 1030. The maximum atomic E-state index is 6.33. The Kier molecular flexibility index (Phi) is 5.44. The van der Waals surface area contributed by atoms with Gasteiger partial charge < -0.3 is 10.6 Å². The molecule has 2 heterocycles. The van der Waals surface area contributed by atoms with Crippen LogP contribution in [-0.2, 0) is 0 Å². The van der Waals surface area contributed by atoms with Crippen LogP contribution in [0.4, 0.5) is 5.69 Å². The minimum atomic E-state index is 0.272. The zero-order valence-electron chi connectivity index (χ0n) is 16.8. The molecule has 2 fully saturated rings. The van der Waals surface area contributed by atoms with Gasteiger partial charge in [0.1, 0.15) is 0 Å². The SMILES string of the molecule is NC1CCN(c2c(-c3ccc(C4CC4)cc3)cncc2-c2cc(Cl)cc(Cl)c2)CC1. The summed E-state index contributed by atoms with van der Waals surface area (Å²) in [4.78, 5) is 7.04. The lowest BCUT2D eigenvalue weighted by Crippen LogP contribution is -2.40. The van der Waals surface area contributed by atoms with Gasteiger partial charge in [0, 0.05) is 52.7 Å². The largest absolute Gasteiger partial charge is 0.370 e. The van der Waals surface area contributed by atoms with Crippen LogP contribution in [0.25, 0.3) is 22.3 Å². The van der Waals surface area contributed by atoms with Gasteiger partial charge in [-0.1, -0.05) is 47.5 Å². The quantitative estimate of drug-likeness (QED) is 0.504. The highest BCUT2D eigenvalue weighted by atomic mass is 35.5. The van der Waals surface area contributed by atoms with E-state index in [2.05, 4.69) is 34.1 Å². The molecule has 30 heavy (non-hydrogen) atoms. The van der Waals surface area contributed by atoms with E-state index in [-0.39, 0.29) is 6.04 Å². The molecule has 1 aromatic heterocycles. The van der Waals surface area contributed by atoms with Crippen LogP contribution in [0.1, 0.15) is 37.2 Å². The van der Waals surface area contributed by atoms with Crippen LogP contribution < -0.4 is 10.6 Å². The summed E-state index contributed by atoms with van der Waals surface area (Å²) in [6.07, 6.45) is 8.49. The van der Waals surface area contributed by atoms with Gasteiger partial charge in [0.2, 0.25) is 0 Å². The van der Waals surface area contributed by atoms with E-state index in [1.54, 1.807) is 6.07 Å². The van der Waals surface area contributed by atoms with Gasteiger partial charge in [-0.3, -0.25) is 4.98 Å². The van der Waals surface area contributed by atoms with E-state index in [0.29, 0.717) is 10.0 Å². The Hall–Kier alpha value is -2.07. The number of nitrogens with zero attached hydrogens (tertiary/aromatic N) is 2. The molecular formula is C25H25Cl2N3. The predicted molar refractivity (Wildman–Crippen MR) is 127 cm³/mol. The molecule has 154 valence electrons. The van der Waals surface area contributed by atoms with Crippen LogP contribution in [0.3, 0.4) is 0 Å². The highest BCUT2D eigenvalue weighted by molar-refractivity contribution is 6.35. The van der Waals surface area contributed by atoms with E-state index >= 15 is 0 Å². The number of pyridine rings is 1. The summed E-state index contributed by atoms with van der Waals surface area (Å²) in [7, 11) is 0. The monoisotopic (exact) mass is 437 g/mol. The van der Waals surface area contributed by atoms with E-state index < -0.39 is 0 Å². The van der Waals surface area contributed by atoms with Gasteiger partial charge in [-0.2, -0.15) is 0 Å². The number of anilines is 1. The lowest BCUT2D eigenvalue weighted by molar-refractivity contribution is 0.501. The highest BCUT2D eigenvalue weighted by Crippen LogP contribution is 2.43. The Morgan fingerprint density at radius 2 is 1.40 bits per heavy atom. The second-order valence-corrected chi connectivity index (χ2v) is 9.33. The summed E-state index contributed by atoms with van der Waals surface area (Å²) >= 11 is 12.7. The van der Waals surface area contributed by atoms with Crippen LogP contribution in [-0.4, -0.2) is 24.1 Å². The molecule has 1 aliphatic carbocycles. The molecule has 0 unspecified atom stereocenters. The molecule has 3 nitrogen and oxygen atoms in total. The third-order valence-electron chi connectivity index (χ3n) is 6.22. The van der Waals surface area contributed by atoms with Crippen LogP contribution in [0.2, 0.25) is 10.0 Å². The molecule has 2 N–H and O–H groups in total. The fourth-order valence-electron chi connectivity index (χ4n) is 4.40. The minimum Gasteiger partial charge on any atom is -0.370 e. The van der Waals surface area contributed by atoms with E-state index in [9.17, 15) is 0 Å². The summed E-state index contributed by atoms with van der Waals surface area (Å²) < 4.78 is 0. The Labute approximate surface area is 187 Å². The van der Waals surface area contributed by atoms with Gasteiger partial charge in [0.25, 0.3) is 0 Å². The maximum Gasteiger partial charge on any atom is 0.0556 e. The second kappa shape index (κ2) is 8.22. The van der Waals surface area contributed by atoms with Crippen molar-refractivity contribution in [1.82, 2.24) is 4.98 Å². The van der Waals surface area contributed by atoms with Gasteiger partial charge >= 0.3 is 0 Å². The third-order valence-corrected chi connectivity index (χ3v) is 6.65. The van der Waals surface area contributed by atoms with Crippen molar-refractivity contribution in [3.63, 3.8) is 0 Å². The van der Waals surface area contributed by atoms with Crippen molar-refractivity contribution < 1.29 is 0 Å². The average molecular weight is 438 g/mol. The van der Waals surface area contributed by atoms with E-state index in [0.717, 1.165) is 48.5 Å². The molecule has 0 amide bonds. The fraction of sp³-hybridized carbons (Fsp3) is 0.320. The molecule has 1 saturated carbocycles. The predicted octanol–water partition coefficient (Wildman–Crippen LogP) is 6.53. The number of halogens is 2. The smallest absolute Gasteiger partial charge is 0.0556 e. The Balaban J connectivity index is 1.64. The van der Waals surface area contributed by atoms with Gasteiger partial charge in [-0.05, 0) is 66.5 Å². The number of benzene rings is 2. The lowest BCUT2D eigenvalue weighted by Gasteiger charge is -2.35. The molecule has 1 saturated heterocycles. The Morgan fingerprint density at radius 1 is 0.800 bits per heavy atom. The highest BCUT2D eigenvalue weighted by Gasteiger charge is 2.25. The molecule has 0 atom stereocenters. The molecule has 2 aliphatic rings. The van der Waals surface area contributed by atoms with Crippen LogP contribution in [0.15, 0.2) is 54.9 Å². The Morgan fingerprint density at radius 3 is 2.00 bits per heavy atom. The molecule has 5 rings (SSSR count). The summed E-state index contributed by atoms with van der Waals surface area (Å²) in [6.45, 7) is 1.86. The van der Waals surface area contributed by atoms with Gasteiger partial charge in [-0.25, -0.2) is 0 Å². The first-order valence-electron chi connectivity index (χ1n) is 10.6. The minimum absolute atomic E-state index is 0.272. The fourth-order valence-corrected chi connectivity index (χ4v) is 4.93. The summed E-state index contributed by atoms with van der Waals surface area (Å²) in [5.74, 6) is 0.750. The first-order valence-corrected chi connectivity index (χ1v) is 11.4. The molecule has 0 radical (unpaired) electrons. The number of hydrogen-bond acceptors (Lipinski definition) is 3. The van der Waals surface area contributed by atoms with Crippen LogP contribution >= 0.6 is 23.2 Å². The van der Waals surface area contributed by atoms with Crippen LogP contribution in [0, 0.1) is 0 Å². The molecule has 3 aromatic rings. The van der Waals surface area contributed by atoms with Crippen molar-refractivity contribution in [1.29, 1.82) is 0 Å². The first-order chi connectivity index (χ1) is 14.6. The summed E-state index contributed by atoms with van der Waals surface area (Å²) in [5, 5.41) is 1.26. The molecule has 5 heteroatoms. The average Bonchev–Trinajstić information content (AvgIpc) is 3.59. The topological polar surface area (TPSA) is 42.1 Å². The van der Waals surface area contributed by atoms with Gasteiger partial charge in [0.15, 0.2) is 0 Å². The van der Waals surface area contributed by atoms with Crippen molar-refractivity contribution in [2.24, 2.45) is 5.73 Å². The van der Waals surface area contributed by atoms with Crippen molar-refractivity contribution >= 4 is 28.9 Å². The molecule has 2 aromatic carbocycles. The number of hydrogen-bond donors (Lipinski definition) is 1. The van der Waals surface area contributed by atoms with Crippen molar-refractivity contribution in [2.45, 2.75) is 37.6 Å². The number of rotatable bonds is 4. The standard InChI is InChI=1S/C25H25Cl2N3/c26-20-11-19(12-21(27)13-20)24-15-29-14-23(25(24)30-9-7-22(28)8-10-30)18-5-3-17(4-6-18)16-1-2-16/h3-6,11-16,22H,1-2,7-10,28H2. The zero-order chi connectivity index (χ0) is 20.7. The summed E-state index contributed by atoms with van der Waals surface area (Å²) in [6, 6.07) is 15.0. The van der Waals surface area contributed by atoms with E-state index in [4.69, 9.17) is 28.9 Å². The van der Waals surface area contributed by atoms with Crippen LogP contribution in [0.5, 0.6) is 0 Å².